The summed E-state index contributed by atoms with van der Waals surface area (Å²) in [5.74, 6) is 0.719. The highest BCUT2D eigenvalue weighted by Gasteiger charge is 2.29. The van der Waals surface area contributed by atoms with Crippen molar-refractivity contribution in [3.63, 3.8) is 0 Å². The number of fused-ring (bicyclic) bond motifs is 1. The molecule has 19 heavy (non-hydrogen) atoms. The van der Waals surface area contributed by atoms with E-state index in [-0.39, 0.29) is 17.3 Å². The van der Waals surface area contributed by atoms with Crippen LogP contribution in [-0.2, 0) is 0 Å². The largest absolute Gasteiger partial charge is 0.508 e. The minimum absolute atomic E-state index is 0.132. The summed E-state index contributed by atoms with van der Waals surface area (Å²) >= 11 is 0. The zero-order valence-electron chi connectivity index (χ0n) is 10.4. The van der Waals surface area contributed by atoms with Crippen molar-refractivity contribution < 1.29 is 14.6 Å². The molecule has 3 nitrogen and oxygen atoms in total. The van der Waals surface area contributed by atoms with Gasteiger partial charge in [-0.05, 0) is 30.7 Å². The van der Waals surface area contributed by atoms with Crippen LogP contribution in [-0.4, -0.2) is 10.9 Å². The number of carbonyl (C=O) groups is 1. The smallest absolute Gasteiger partial charge is 0.231 e. The van der Waals surface area contributed by atoms with Crippen LogP contribution in [0.15, 0.2) is 48.2 Å². The molecule has 2 aromatic carbocycles. The van der Waals surface area contributed by atoms with Gasteiger partial charge in [-0.1, -0.05) is 30.3 Å². The second-order valence-corrected chi connectivity index (χ2v) is 4.44. The van der Waals surface area contributed by atoms with Crippen molar-refractivity contribution in [2.75, 3.05) is 0 Å². The number of phenolic OH excluding ortho intramolecular Hbond substituents is 1. The van der Waals surface area contributed by atoms with Gasteiger partial charge in [0.25, 0.3) is 0 Å². The quantitative estimate of drug-likeness (QED) is 0.792. The summed E-state index contributed by atoms with van der Waals surface area (Å²) in [7, 11) is 0. The monoisotopic (exact) mass is 252 g/mol. The Kier molecular flexibility index (Phi) is 2.60. The Morgan fingerprint density at radius 3 is 2.58 bits per heavy atom. The summed E-state index contributed by atoms with van der Waals surface area (Å²) in [5.41, 5.74) is 1.99. The number of benzene rings is 2. The molecule has 0 saturated carbocycles. The molecule has 1 aliphatic rings. The van der Waals surface area contributed by atoms with E-state index in [1.54, 1.807) is 19.1 Å². The van der Waals surface area contributed by atoms with Gasteiger partial charge in [-0.25, -0.2) is 0 Å². The predicted octanol–water partition coefficient (Wildman–Crippen LogP) is 3.32. The Hall–Kier alpha value is -2.55. The maximum Gasteiger partial charge on any atom is 0.231 e. The Morgan fingerprint density at radius 1 is 1.11 bits per heavy atom. The first-order chi connectivity index (χ1) is 9.16. The number of ether oxygens (including phenoxy) is 1. The fourth-order valence-corrected chi connectivity index (χ4v) is 2.08. The van der Waals surface area contributed by atoms with E-state index < -0.39 is 0 Å². The molecule has 3 heteroatoms. The molecule has 1 N–H and O–H groups in total. The van der Waals surface area contributed by atoms with E-state index in [1.165, 1.54) is 6.07 Å². The summed E-state index contributed by atoms with van der Waals surface area (Å²) in [6, 6.07) is 12.6. The Labute approximate surface area is 110 Å². The first-order valence-electron chi connectivity index (χ1n) is 5.98. The van der Waals surface area contributed by atoms with Gasteiger partial charge in [-0.15, -0.1) is 0 Å². The fraction of sp³-hybridized carbons (Fsp3) is 0.0625. The summed E-state index contributed by atoms with van der Waals surface area (Å²) in [4.78, 5) is 12.2. The van der Waals surface area contributed by atoms with Gasteiger partial charge in [0.05, 0.1) is 5.56 Å². The van der Waals surface area contributed by atoms with Crippen LogP contribution in [0, 0.1) is 6.92 Å². The zero-order valence-corrected chi connectivity index (χ0v) is 10.4. The molecule has 0 radical (unpaired) electrons. The molecule has 0 bridgehead atoms. The summed E-state index contributed by atoms with van der Waals surface area (Å²) in [6.45, 7) is 1.73. The van der Waals surface area contributed by atoms with Crippen molar-refractivity contribution in [1.82, 2.24) is 0 Å². The molecule has 3 rings (SSSR count). The number of hydrogen-bond donors (Lipinski definition) is 1. The van der Waals surface area contributed by atoms with Gasteiger partial charge in [0.1, 0.15) is 11.5 Å². The SMILES string of the molecule is Cc1c(O)ccc2c1O/C(=C\c1ccccc1)C2=O. The maximum atomic E-state index is 12.2. The van der Waals surface area contributed by atoms with Crippen molar-refractivity contribution in [3.05, 3.63) is 64.9 Å². The van der Waals surface area contributed by atoms with Crippen LogP contribution in [0.4, 0.5) is 0 Å². The van der Waals surface area contributed by atoms with Crippen LogP contribution in [0.2, 0.25) is 0 Å². The highest BCUT2D eigenvalue weighted by Crippen LogP contribution is 2.38. The minimum atomic E-state index is -0.151. The van der Waals surface area contributed by atoms with Crippen molar-refractivity contribution in [2.24, 2.45) is 0 Å². The van der Waals surface area contributed by atoms with Crippen molar-refractivity contribution in [3.8, 4) is 11.5 Å². The number of Topliss-reactive ketones (excluding diaryl/α,β-unsaturated/α-hetero) is 1. The molecular formula is C16H12O3. The standard InChI is InChI=1S/C16H12O3/c1-10-13(17)8-7-12-15(18)14(19-16(10)12)9-11-5-3-2-4-6-11/h2-9,17H,1H3/b14-9-. The molecule has 0 saturated heterocycles. The maximum absolute atomic E-state index is 12.2. The Morgan fingerprint density at radius 2 is 1.84 bits per heavy atom. The number of rotatable bonds is 1. The highest BCUT2D eigenvalue weighted by atomic mass is 16.5. The van der Waals surface area contributed by atoms with E-state index in [1.807, 2.05) is 30.3 Å². The van der Waals surface area contributed by atoms with Crippen LogP contribution in [0.3, 0.4) is 0 Å². The van der Waals surface area contributed by atoms with Crippen LogP contribution in [0.1, 0.15) is 21.5 Å². The Bertz CT molecular complexity index is 685. The zero-order chi connectivity index (χ0) is 13.4. The summed E-state index contributed by atoms with van der Waals surface area (Å²) in [6.07, 6.45) is 1.71. The summed E-state index contributed by atoms with van der Waals surface area (Å²) < 4.78 is 5.59. The number of carbonyl (C=O) groups excluding carboxylic acids is 1. The first-order valence-corrected chi connectivity index (χ1v) is 5.98. The topological polar surface area (TPSA) is 46.5 Å². The molecular weight excluding hydrogens is 240 g/mol. The van der Waals surface area contributed by atoms with Gasteiger partial charge >= 0.3 is 0 Å². The Balaban J connectivity index is 2.05. The molecule has 2 aromatic rings. The number of ketones is 1. The third kappa shape index (κ3) is 1.89. The van der Waals surface area contributed by atoms with Crippen LogP contribution < -0.4 is 4.74 Å². The lowest BCUT2D eigenvalue weighted by molar-refractivity contribution is 0.101. The highest BCUT2D eigenvalue weighted by molar-refractivity contribution is 6.14. The minimum Gasteiger partial charge on any atom is -0.508 e. The van der Waals surface area contributed by atoms with E-state index >= 15 is 0 Å². The molecule has 0 unspecified atom stereocenters. The molecule has 1 heterocycles. The average molecular weight is 252 g/mol. The molecule has 0 amide bonds. The van der Waals surface area contributed by atoms with Crippen LogP contribution >= 0.6 is 0 Å². The summed E-state index contributed by atoms with van der Waals surface area (Å²) in [5, 5.41) is 9.63. The van der Waals surface area contributed by atoms with Gasteiger partial charge in [0.2, 0.25) is 5.78 Å². The van der Waals surface area contributed by atoms with Gasteiger partial charge in [-0.2, -0.15) is 0 Å². The normalized spacial score (nSPS) is 15.4. The predicted molar refractivity (Wildman–Crippen MR) is 72.2 cm³/mol. The molecule has 0 aliphatic carbocycles. The van der Waals surface area contributed by atoms with Crippen LogP contribution in [0.5, 0.6) is 11.5 Å². The molecule has 0 spiro atoms. The van der Waals surface area contributed by atoms with E-state index in [9.17, 15) is 9.90 Å². The number of phenols is 1. The van der Waals surface area contributed by atoms with Crippen LogP contribution in [0.25, 0.3) is 6.08 Å². The van der Waals surface area contributed by atoms with Gasteiger partial charge in [0.15, 0.2) is 5.76 Å². The second-order valence-electron chi connectivity index (χ2n) is 4.44. The van der Waals surface area contributed by atoms with E-state index in [0.29, 0.717) is 16.9 Å². The van der Waals surface area contributed by atoms with E-state index in [2.05, 4.69) is 0 Å². The third-order valence-corrected chi connectivity index (χ3v) is 3.16. The number of aromatic hydroxyl groups is 1. The number of allylic oxidation sites excluding steroid dienone is 1. The second kappa shape index (κ2) is 4.28. The third-order valence-electron chi connectivity index (χ3n) is 3.16. The molecule has 0 aromatic heterocycles. The lowest BCUT2D eigenvalue weighted by Crippen LogP contribution is -1.97. The molecule has 0 fully saturated rings. The van der Waals surface area contributed by atoms with E-state index in [0.717, 1.165) is 5.56 Å². The lowest BCUT2D eigenvalue weighted by Gasteiger charge is -2.03. The van der Waals surface area contributed by atoms with Crippen molar-refractivity contribution in [1.29, 1.82) is 0 Å². The number of hydrogen-bond acceptors (Lipinski definition) is 3. The van der Waals surface area contributed by atoms with E-state index in [4.69, 9.17) is 4.74 Å². The fourth-order valence-electron chi connectivity index (χ4n) is 2.08. The van der Waals surface area contributed by atoms with Crippen molar-refractivity contribution in [2.45, 2.75) is 6.92 Å². The average Bonchev–Trinajstić information content (AvgIpc) is 2.73. The van der Waals surface area contributed by atoms with Gasteiger partial charge < -0.3 is 9.84 Å². The van der Waals surface area contributed by atoms with Gasteiger partial charge in [-0.3, -0.25) is 4.79 Å². The lowest BCUT2D eigenvalue weighted by atomic mass is 10.1. The molecule has 1 aliphatic heterocycles. The first kappa shape index (κ1) is 11.5. The van der Waals surface area contributed by atoms with Gasteiger partial charge in [0, 0.05) is 5.56 Å². The van der Waals surface area contributed by atoms with Crippen molar-refractivity contribution >= 4 is 11.9 Å². The molecule has 94 valence electrons. The molecule has 0 atom stereocenters.